The maximum Gasteiger partial charge on any atom is 0.409 e. The van der Waals surface area contributed by atoms with Gasteiger partial charge in [0.1, 0.15) is 0 Å². The van der Waals surface area contributed by atoms with E-state index in [-0.39, 0.29) is 42.1 Å². The molecule has 0 aromatic heterocycles. The lowest BCUT2D eigenvalue weighted by atomic mass is 9.85. The molecule has 1 saturated carbocycles. The Kier molecular flexibility index (Phi) is 9.46. The van der Waals surface area contributed by atoms with E-state index in [4.69, 9.17) is 19.9 Å². The van der Waals surface area contributed by atoms with Gasteiger partial charge in [0, 0.05) is 18.9 Å². The summed E-state index contributed by atoms with van der Waals surface area (Å²) in [6.07, 6.45) is 3.87. The van der Waals surface area contributed by atoms with Crippen molar-refractivity contribution in [3.63, 3.8) is 0 Å². The fraction of sp³-hybridized carbons (Fsp3) is 0.406. The second-order valence-corrected chi connectivity index (χ2v) is 10.9. The molecule has 2 atom stereocenters. The fourth-order valence-electron chi connectivity index (χ4n) is 5.53. The van der Waals surface area contributed by atoms with E-state index in [0.717, 1.165) is 25.7 Å². The summed E-state index contributed by atoms with van der Waals surface area (Å²) in [4.78, 5) is 19.1. The third-order valence-electron chi connectivity index (χ3n) is 7.94. The smallest absolute Gasteiger partial charge is 0.409 e. The molecule has 3 aromatic carbocycles. The fourth-order valence-corrected chi connectivity index (χ4v) is 5.53. The number of piperidine rings is 1. The maximum absolute atomic E-state index is 12.9. The van der Waals surface area contributed by atoms with Gasteiger partial charge in [0.25, 0.3) is 0 Å². The largest absolute Gasteiger partial charge is 0.449 e. The van der Waals surface area contributed by atoms with Gasteiger partial charge in [-0.15, -0.1) is 0 Å². The molecule has 0 spiro atoms. The molecule has 0 radical (unpaired) electrons. The first-order chi connectivity index (χ1) is 19.5. The minimum absolute atomic E-state index is 0.0232. The summed E-state index contributed by atoms with van der Waals surface area (Å²) in [6.45, 7) is 1.84. The van der Waals surface area contributed by atoms with Crippen LogP contribution in [0.5, 0.6) is 0 Å². The van der Waals surface area contributed by atoms with Crippen LogP contribution < -0.4 is 0 Å². The van der Waals surface area contributed by atoms with Crippen molar-refractivity contribution in [3.8, 4) is 11.1 Å². The number of carbonyl (C=O) groups is 1. The van der Waals surface area contributed by atoms with Gasteiger partial charge in [-0.25, -0.2) is 4.79 Å². The molecule has 3 aromatic rings. The predicted molar refractivity (Wildman–Crippen MR) is 150 cm³/mol. The number of likely N-dealkylation sites (tertiary alicyclic amines) is 1. The van der Waals surface area contributed by atoms with Crippen LogP contribution in [0.25, 0.3) is 11.1 Å². The topological polar surface area (TPSA) is 91.7 Å². The number of amides is 1. The first-order valence-corrected chi connectivity index (χ1v) is 14.0. The van der Waals surface area contributed by atoms with Crippen molar-refractivity contribution in [3.05, 3.63) is 96.1 Å². The van der Waals surface area contributed by atoms with Crippen molar-refractivity contribution in [2.75, 3.05) is 32.9 Å². The molecule has 5 rings (SSSR count). The Morgan fingerprint density at radius 1 is 0.925 bits per heavy atom. The van der Waals surface area contributed by atoms with Gasteiger partial charge in [-0.1, -0.05) is 84.9 Å². The number of hydrogen-bond donors (Lipinski definition) is 2. The van der Waals surface area contributed by atoms with Gasteiger partial charge in [0.15, 0.2) is 0 Å². The Bertz CT molecular complexity index is 1220. The van der Waals surface area contributed by atoms with Crippen LogP contribution in [0.15, 0.2) is 84.9 Å². The number of hydrogen-bond acceptors (Lipinski definition) is 7. The lowest BCUT2D eigenvalue weighted by Gasteiger charge is -2.39. The molecule has 8 heteroatoms. The Morgan fingerprint density at radius 3 is 2.38 bits per heavy atom. The summed E-state index contributed by atoms with van der Waals surface area (Å²) in [5, 5.41) is 16.9. The molecule has 2 aliphatic rings. The van der Waals surface area contributed by atoms with E-state index in [2.05, 4.69) is 77.6 Å². The van der Waals surface area contributed by atoms with Crippen molar-refractivity contribution in [1.82, 2.24) is 10.3 Å². The molecule has 2 fully saturated rings. The van der Waals surface area contributed by atoms with Crippen molar-refractivity contribution in [1.29, 1.82) is 0 Å². The zero-order chi connectivity index (χ0) is 27.8. The molecular formula is C32H38N2O6. The molecule has 0 bridgehead atoms. The maximum atomic E-state index is 12.9. The number of nitrogens with zero attached hydrogens (tertiary/aromatic N) is 2. The molecule has 8 nitrogen and oxygen atoms in total. The van der Waals surface area contributed by atoms with Gasteiger partial charge in [0.2, 0.25) is 0 Å². The van der Waals surface area contributed by atoms with E-state index >= 15 is 0 Å². The van der Waals surface area contributed by atoms with Gasteiger partial charge in [0.05, 0.1) is 37.9 Å². The van der Waals surface area contributed by atoms with Crippen molar-refractivity contribution in [2.45, 2.75) is 44.1 Å². The highest BCUT2D eigenvalue weighted by Gasteiger charge is 2.44. The summed E-state index contributed by atoms with van der Waals surface area (Å²) < 4.78 is 12.2. The van der Waals surface area contributed by atoms with Gasteiger partial charge in [-0.2, -0.15) is 0 Å². The first kappa shape index (κ1) is 28.3. The van der Waals surface area contributed by atoms with E-state index in [1.165, 1.54) is 22.3 Å². The minimum Gasteiger partial charge on any atom is -0.449 e. The Hall–Kier alpha value is -3.27. The number of rotatable bonds is 12. The first-order valence-electron chi connectivity index (χ1n) is 14.0. The average molecular weight is 547 g/mol. The third kappa shape index (κ3) is 7.68. The highest BCUT2D eigenvalue weighted by molar-refractivity contribution is 5.68. The van der Waals surface area contributed by atoms with Crippen LogP contribution in [0.2, 0.25) is 0 Å². The third-order valence-corrected chi connectivity index (χ3v) is 7.94. The highest BCUT2D eigenvalue weighted by atomic mass is 17.1. The molecule has 1 heterocycles. The lowest BCUT2D eigenvalue weighted by Crippen LogP contribution is -2.47. The number of carbonyl (C=O) groups excluding carboxylic acids is 1. The summed E-state index contributed by atoms with van der Waals surface area (Å²) >= 11 is 0. The van der Waals surface area contributed by atoms with Crippen LogP contribution in [0.4, 0.5) is 4.79 Å². The molecule has 1 aliphatic carbocycles. The van der Waals surface area contributed by atoms with Crippen molar-refractivity contribution in [2.24, 2.45) is 5.41 Å². The van der Waals surface area contributed by atoms with E-state index in [1.54, 1.807) is 4.90 Å². The van der Waals surface area contributed by atoms with Crippen LogP contribution in [0.1, 0.15) is 42.7 Å². The molecular weight excluding hydrogens is 508 g/mol. The molecule has 212 valence electrons. The lowest BCUT2D eigenvalue weighted by molar-refractivity contribution is -0.492. The Balaban J connectivity index is 1.27. The van der Waals surface area contributed by atoms with Crippen LogP contribution in [-0.2, 0) is 20.7 Å². The molecule has 1 saturated heterocycles. The van der Waals surface area contributed by atoms with Gasteiger partial charge in [-0.3, -0.25) is 15.3 Å². The molecule has 1 aliphatic heterocycles. The SMILES string of the molecule is O=C(OCCCON(O)O)N1CC[C@H](c2cccc(-c3ccccc3)c2)C(OCC2(Cc3ccccc3)CC2)C1. The molecule has 2 N–H and O–H groups in total. The van der Waals surface area contributed by atoms with E-state index in [9.17, 15) is 4.79 Å². The quantitative estimate of drug-likeness (QED) is 0.210. The second-order valence-electron chi connectivity index (χ2n) is 10.9. The zero-order valence-electron chi connectivity index (χ0n) is 22.7. The van der Waals surface area contributed by atoms with Crippen LogP contribution >= 0.6 is 0 Å². The predicted octanol–water partition coefficient (Wildman–Crippen LogP) is 6.09. The summed E-state index contributed by atoms with van der Waals surface area (Å²) in [5.41, 5.74) is 5.07. The van der Waals surface area contributed by atoms with Crippen LogP contribution in [-0.4, -0.2) is 65.8 Å². The Morgan fingerprint density at radius 2 is 1.65 bits per heavy atom. The molecule has 1 unspecified atom stereocenters. The van der Waals surface area contributed by atoms with Crippen molar-refractivity contribution < 1.29 is 29.5 Å². The van der Waals surface area contributed by atoms with E-state index < -0.39 is 0 Å². The zero-order valence-corrected chi connectivity index (χ0v) is 22.7. The molecule has 1 amide bonds. The number of benzene rings is 3. The van der Waals surface area contributed by atoms with Crippen LogP contribution in [0, 0.1) is 5.41 Å². The van der Waals surface area contributed by atoms with E-state index in [0.29, 0.717) is 26.1 Å². The number of ether oxygens (including phenoxy) is 2. The minimum atomic E-state index is -0.389. The van der Waals surface area contributed by atoms with Gasteiger partial charge in [-0.05, 0) is 53.4 Å². The summed E-state index contributed by atoms with van der Waals surface area (Å²) in [6, 6.07) is 29.6. The summed E-state index contributed by atoms with van der Waals surface area (Å²) in [5.74, 6) is 0.161. The van der Waals surface area contributed by atoms with Crippen molar-refractivity contribution >= 4 is 6.09 Å². The molecule has 40 heavy (non-hydrogen) atoms. The van der Waals surface area contributed by atoms with Gasteiger partial charge >= 0.3 is 6.09 Å². The standard InChI is InChI=1S/C32H38N2O6/c35-31(38-19-8-20-40-34(36)37)33-18-15-29(28-14-7-13-27(21-28)26-11-5-2-6-12-26)30(23-33)39-24-32(16-17-32)22-25-9-3-1-4-10-25/h1-7,9-14,21,29-30,36-37H,8,15-20,22-24H2/t29-,30?/m1/s1. The normalized spacial score (nSPS) is 19.9. The van der Waals surface area contributed by atoms with Gasteiger partial charge < -0.3 is 14.4 Å². The highest BCUT2D eigenvalue weighted by Crippen LogP contribution is 2.49. The monoisotopic (exact) mass is 546 g/mol. The van der Waals surface area contributed by atoms with Crippen LogP contribution in [0.3, 0.4) is 0 Å². The Labute approximate surface area is 235 Å². The van der Waals surface area contributed by atoms with E-state index in [1.807, 2.05) is 12.1 Å². The second kappa shape index (κ2) is 13.4. The summed E-state index contributed by atoms with van der Waals surface area (Å²) in [7, 11) is 0. The average Bonchev–Trinajstić information content (AvgIpc) is 3.76.